The van der Waals surface area contributed by atoms with Crippen molar-refractivity contribution in [3.05, 3.63) is 49.3 Å². The first-order chi connectivity index (χ1) is 8.93. The normalized spacial score (nSPS) is 9.42. The molecule has 2 nitrogen and oxygen atoms in total. The Morgan fingerprint density at radius 3 is 1.89 bits per heavy atom. The zero-order valence-electron chi connectivity index (χ0n) is 10.6. The maximum absolute atomic E-state index is 10.8. The van der Waals surface area contributed by atoms with Crippen LogP contribution in [-0.2, 0) is 0 Å². The molecule has 2 aromatic heterocycles. The molecule has 0 N–H and O–H groups in total. The number of carbonyl (C=O) groups excluding carboxylic acids is 2. The molecule has 0 radical (unpaired) electrons. The Kier molecular flexibility index (Phi) is 6.34. The van der Waals surface area contributed by atoms with Crippen LogP contribution in [0.2, 0.25) is 0 Å². The summed E-state index contributed by atoms with van der Waals surface area (Å²) in [5, 5.41) is 3.82. The summed E-state index contributed by atoms with van der Waals surface area (Å²) < 4.78 is 0.984. The van der Waals surface area contributed by atoms with Crippen LogP contribution in [0.1, 0.15) is 38.8 Å². The molecule has 0 saturated heterocycles. The van der Waals surface area contributed by atoms with E-state index in [4.69, 9.17) is 0 Å². The monoisotopic (exact) mass is 356 g/mol. The van der Waals surface area contributed by atoms with Gasteiger partial charge in [0.05, 0.1) is 9.75 Å². The van der Waals surface area contributed by atoms with Crippen LogP contribution in [0.5, 0.6) is 0 Å². The van der Waals surface area contributed by atoms with Gasteiger partial charge in [0.25, 0.3) is 0 Å². The van der Waals surface area contributed by atoms with E-state index in [0.717, 1.165) is 19.8 Å². The molecule has 0 amide bonds. The third-order valence-electron chi connectivity index (χ3n) is 2.12. The Labute approximate surface area is 128 Å². The fourth-order valence-electron chi connectivity index (χ4n) is 1.14. The molecule has 0 aromatic carbocycles. The molecule has 0 fully saturated rings. The van der Waals surface area contributed by atoms with Crippen LogP contribution >= 0.6 is 38.6 Å². The van der Waals surface area contributed by atoms with Crippen LogP contribution in [-0.4, -0.2) is 11.6 Å². The molecule has 0 atom stereocenters. The van der Waals surface area contributed by atoms with Gasteiger partial charge in [-0.2, -0.15) is 0 Å². The van der Waals surface area contributed by atoms with E-state index in [9.17, 15) is 9.59 Å². The maximum Gasteiger partial charge on any atom is 0.169 e. The van der Waals surface area contributed by atoms with Crippen LogP contribution in [0.15, 0.2) is 33.9 Å². The molecule has 0 aliphatic carbocycles. The standard InChI is InChI=1S/C8H8OS.C6H5BrOS/c1-3-7-4-8(6(2)9)10-5-7;1-4(8)6-2-5(7)3-9-6/h3-5H,1H2,2H3;2-3H,1H3. The van der Waals surface area contributed by atoms with Gasteiger partial charge in [-0.1, -0.05) is 12.7 Å². The first-order valence-electron chi connectivity index (χ1n) is 5.41. The fourth-order valence-corrected chi connectivity index (χ4v) is 3.27. The Balaban J connectivity index is 0.000000191. The van der Waals surface area contributed by atoms with E-state index in [1.807, 2.05) is 22.9 Å². The third-order valence-corrected chi connectivity index (χ3v) is 4.96. The van der Waals surface area contributed by atoms with Crippen molar-refractivity contribution in [2.24, 2.45) is 0 Å². The van der Waals surface area contributed by atoms with Gasteiger partial charge in [-0.15, -0.1) is 22.7 Å². The summed E-state index contributed by atoms with van der Waals surface area (Å²) >= 11 is 6.18. The molecule has 0 bridgehead atoms. The molecule has 0 aliphatic heterocycles. The molecular weight excluding hydrogens is 344 g/mol. The Morgan fingerprint density at radius 2 is 1.63 bits per heavy atom. The number of thiophene rings is 2. The molecule has 2 rings (SSSR count). The van der Waals surface area contributed by atoms with Crippen molar-refractivity contribution in [1.82, 2.24) is 0 Å². The molecule has 2 heterocycles. The van der Waals surface area contributed by atoms with Crippen molar-refractivity contribution in [3.63, 3.8) is 0 Å². The summed E-state index contributed by atoms with van der Waals surface area (Å²) in [6, 6.07) is 3.67. The quantitative estimate of drug-likeness (QED) is 0.698. The second-order valence-electron chi connectivity index (χ2n) is 3.69. The number of Topliss-reactive ketones (excluding diaryl/α,β-unsaturated/α-hetero) is 2. The number of hydrogen-bond acceptors (Lipinski definition) is 4. The highest BCUT2D eigenvalue weighted by Crippen LogP contribution is 2.19. The molecule has 5 heteroatoms. The van der Waals surface area contributed by atoms with Gasteiger partial charge in [-0.25, -0.2) is 0 Å². The van der Waals surface area contributed by atoms with Crippen LogP contribution in [0, 0.1) is 0 Å². The second kappa shape index (κ2) is 7.53. The van der Waals surface area contributed by atoms with Crippen molar-refractivity contribution in [1.29, 1.82) is 0 Å². The summed E-state index contributed by atoms with van der Waals surface area (Å²) in [6.07, 6.45) is 1.74. The SMILES string of the molecule is C=Cc1csc(C(C)=O)c1.CC(=O)c1cc(Br)cs1. The highest BCUT2D eigenvalue weighted by Gasteiger charge is 2.01. The number of ketones is 2. The Bertz CT molecular complexity index is 596. The lowest BCUT2D eigenvalue weighted by atomic mass is 10.3. The number of carbonyl (C=O) groups is 2. The highest BCUT2D eigenvalue weighted by molar-refractivity contribution is 9.10. The Morgan fingerprint density at radius 1 is 1.11 bits per heavy atom. The summed E-state index contributed by atoms with van der Waals surface area (Å²) in [5.41, 5.74) is 1.02. The van der Waals surface area contributed by atoms with E-state index in [-0.39, 0.29) is 11.6 Å². The van der Waals surface area contributed by atoms with Crippen LogP contribution < -0.4 is 0 Å². The van der Waals surface area contributed by atoms with Gasteiger partial charge in [-0.05, 0) is 52.9 Å². The zero-order valence-corrected chi connectivity index (χ0v) is 13.8. The molecule has 19 heavy (non-hydrogen) atoms. The largest absolute Gasteiger partial charge is 0.294 e. The number of hydrogen-bond donors (Lipinski definition) is 0. The van der Waals surface area contributed by atoms with Gasteiger partial charge in [0, 0.05) is 9.85 Å². The minimum atomic E-state index is 0.123. The zero-order chi connectivity index (χ0) is 14.4. The third kappa shape index (κ3) is 5.22. The summed E-state index contributed by atoms with van der Waals surface area (Å²) in [5.74, 6) is 0.254. The second-order valence-corrected chi connectivity index (χ2v) is 6.43. The summed E-state index contributed by atoms with van der Waals surface area (Å²) in [6.45, 7) is 6.73. The van der Waals surface area contributed by atoms with Crippen molar-refractivity contribution in [2.75, 3.05) is 0 Å². The van der Waals surface area contributed by atoms with E-state index in [2.05, 4.69) is 22.5 Å². The molecule has 0 aliphatic rings. The first-order valence-corrected chi connectivity index (χ1v) is 7.96. The molecular formula is C14H13BrO2S2. The van der Waals surface area contributed by atoms with E-state index < -0.39 is 0 Å². The maximum atomic E-state index is 10.8. The van der Waals surface area contributed by atoms with Crippen LogP contribution in [0.3, 0.4) is 0 Å². The van der Waals surface area contributed by atoms with E-state index in [1.54, 1.807) is 19.9 Å². The molecule has 0 unspecified atom stereocenters. The molecule has 100 valence electrons. The lowest BCUT2D eigenvalue weighted by molar-refractivity contribution is 0.101. The number of halogens is 1. The van der Waals surface area contributed by atoms with Gasteiger partial charge in [0.15, 0.2) is 11.6 Å². The van der Waals surface area contributed by atoms with E-state index in [0.29, 0.717) is 0 Å². The minimum absolute atomic E-state index is 0.123. The smallest absolute Gasteiger partial charge is 0.169 e. The topological polar surface area (TPSA) is 34.1 Å². The van der Waals surface area contributed by atoms with Crippen LogP contribution in [0.25, 0.3) is 6.08 Å². The van der Waals surface area contributed by atoms with Crippen molar-refractivity contribution in [3.8, 4) is 0 Å². The molecule has 2 aromatic rings. The number of rotatable bonds is 3. The van der Waals surface area contributed by atoms with Crippen molar-refractivity contribution >= 4 is 56.2 Å². The lowest BCUT2D eigenvalue weighted by Crippen LogP contribution is -1.83. The molecule has 0 spiro atoms. The van der Waals surface area contributed by atoms with Gasteiger partial charge in [0.1, 0.15) is 0 Å². The predicted octanol–water partition coefficient (Wildman–Crippen LogP) is 5.31. The van der Waals surface area contributed by atoms with E-state index in [1.165, 1.54) is 22.7 Å². The fraction of sp³-hybridized carbons (Fsp3) is 0.143. The first kappa shape index (κ1) is 16.0. The van der Waals surface area contributed by atoms with Gasteiger partial charge >= 0.3 is 0 Å². The van der Waals surface area contributed by atoms with E-state index >= 15 is 0 Å². The minimum Gasteiger partial charge on any atom is -0.294 e. The van der Waals surface area contributed by atoms with Gasteiger partial charge in [0.2, 0.25) is 0 Å². The summed E-state index contributed by atoms with van der Waals surface area (Å²) in [7, 11) is 0. The van der Waals surface area contributed by atoms with Gasteiger partial charge in [-0.3, -0.25) is 9.59 Å². The summed E-state index contributed by atoms with van der Waals surface area (Å²) in [4.78, 5) is 23.0. The average Bonchev–Trinajstić information content (AvgIpc) is 2.97. The van der Waals surface area contributed by atoms with Crippen LogP contribution in [0.4, 0.5) is 0 Å². The predicted molar refractivity (Wildman–Crippen MR) is 86.4 cm³/mol. The van der Waals surface area contributed by atoms with Crippen molar-refractivity contribution < 1.29 is 9.59 Å². The van der Waals surface area contributed by atoms with Gasteiger partial charge < -0.3 is 0 Å². The van der Waals surface area contributed by atoms with Crippen molar-refractivity contribution in [2.45, 2.75) is 13.8 Å². The average molecular weight is 357 g/mol. The highest BCUT2D eigenvalue weighted by atomic mass is 79.9. The lowest BCUT2D eigenvalue weighted by Gasteiger charge is -1.81. The Hall–Kier alpha value is -1.04. The molecule has 0 saturated carbocycles.